The average molecular weight is 573 g/mol. The number of alkyl halides is 3. The maximum absolute atomic E-state index is 15.1. The number of halogens is 4. The van der Waals surface area contributed by atoms with Gasteiger partial charge in [-0.15, -0.1) is 0 Å². The lowest BCUT2D eigenvalue weighted by atomic mass is 10.0. The predicted octanol–water partition coefficient (Wildman–Crippen LogP) is 3.90. The molecule has 0 saturated carbocycles. The van der Waals surface area contributed by atoms with Crippen LogP contribution in [0.15, 0.2) is 66.2 Å². The molecule has 8 nitrogen and oxygen atoms in total. The van der Waals surface area contributed by atoms with Crippen molar-refractivity contribution in [3.63, 3.8) is 0 Å². The van der Waals surface area contributed by atoms with Crippen LogP contribution in [0.4, 0.5) is 29.1 Å². The summed E-state index contributed by atoms with van der Waals surface area (Å²) in [6.07, 6.45) is -1.45. The van der Waals surface area contributed by atoms with Crippen LogP contribution in [0.1, 0.15) is 5.56 Å². The summed E-state index contributed by atoms with van der Waals surface area (Å²) in [5.41, 5.74) is 0.106. The van der Waals surface area contributed by atoms with Crippen LogP contribution in [0.3, 0.4) is 0 Å². The van der Waals surface area contributed by atoms with Crippen molar-refractivity contribution in [3.8, 4) is 11.1 Å². The van der Waals surface area contributed by atoms with Gasteiger partial charge in [0.25, 0.3) is 5.91 Å². The summed E-state index contributed by atoms with van der Waals surface area (Å²) in [4.78, 5) is 24.2. The predicted molar refractivity (Wildman–Crippen MR) is 149 cm³/mol. The molecule has 218 valence electrons. The first kappa shape index (κ1) is 28.8. The molecule has 0 aliphatic carbocycles. The molecular formula is C29H32F4N6O2. The smallest absolute Gasteiger partial charge is 0.379 e. The van der Waals surface area contributed by atoms with Crippen LogP contribution in [0.2, 0.25) is 0 Å². The molecule has 12 heteroatoms. The van der Waals surface area contributed by atoms with Gasteiger partial charge in [-0.25, -0.2) is 9.37 Å². The van der Waals surface area contributed by atoms with Crippen molar-refractivity contribution in [2.45, 2.75) is 12.7 Å². The number of piperazine rings is 1. The quantitative estimate of drug-likeness (QED) is 0.509. The Kier molecular flexibility index (Phi) is 8.43. The van der Waals surface area contributed by atoms with E-state index in [-0.39, 0.29) is 16.9 Å². The fourth-order valence-corrected chi connectivity index (χ4v) is 5.02. The summed E-state index contributed by atoms with van der Waals surface area (Å²) in [5.74, 6) is -1.03. The van der Waals surface area contributed by atoms with Gasteiger partial charge >= 0.3 is 6.18 Å². The van der Waals surface area contributed by atoms with Gasteiger partial charge in [0.15, 0.2) is 5.82 Å². The standard InChI is InChI=1S/C29H32F4N6O2/c1-19-13-24(29(31,32)33)23(17-34-19)28(40)36-26-15-21(16-35-27(26)39-7-5-37(2)6-8-39)22-14-20(3-4-25(22)30)18-38-9-11-41-12-10-38/h3-4,13-17,34H,1,5-12,18H2,2H3,(H,36,40). The number of amides is 1. The second-order valence-corrected chi connectivity index (χ2v) is 10.3. The summed E-state index contributed by atoms with van der Waals surface area (Å²) < 4.78 is 61.8. The average Bonchev–Trinajstić information content (AvgIpc) is 2.94. The summed E-state index contributed by atoms with van der Waals surface area (Å²) in [6, 6.07) is 6.43. The number of likely N-dealkylation sites (N-methyl/N-ethyl adjacent to an activating group) is 1. The molecule has 2 N–H and O–H groups in total. The van der Waals surface area contributed by atoms with Gasteiger partial charge in [0.1, 0.15) is 5.82 Å². The minimum atomic E-state index is -4.77. The number of morpholine rings is 1. The van der Waals surface area contributed by atoms with Crippen LogP contribution >= 0.6 is 0 Å². The summed E-state index contributed by atoms with van der Waals surface area (Å²) >= 11 is 0. The van der Waals surface area contributed by atoms with E-state index in [1.165, 1.54) is 12.3 Å². The maximum atomic E-state index is 15.1. The molecule has 0 unspecified atom stereocenters. The van der Waals surface area contributed by atoms with E-state index in [9.17, 15) is 18.0 Å². The third-order valence-corrected chi connectivity index (χ3v) is 7.33. The molecule has 5 rings (SSSR count). The fraction of sp³-hybridized carbons (Fsp3) is 0.379. The first-order chi connectivity index (χ1) is 19.6. The molecule has 0 bridgehead atoms. The minimum Gasteiger partial charge on any atom is -0.379 e. The molecule has 1 aromatic carbocycles. The molecule has 1 amide bonds. The van der Waals surface area contributed by atoms with Gasteiger partial charge in [-0.1, -0.05) is 12.6 Å². The van der Waals surface area contributed by atoms with Gasteiger partial charge in [-0.2, -0.15) is 13.2 Å². The number of dihydropyridines is 1. The Morgan fingerprint density at radius 1 is 1.12 bits per heavy atom. The molecule has 2 aromatic rings. The summed E-state index contributed by atoms with van der Waals surface area (Å²) in [7, 11) is 1.99. The number of nitrogens with zero attached hydrogens (tertiary/aromatic N) is 4. The van der Waals surface area contributed by atoms with Crippen LogP contribution < -0.4 is 15.5 Å². The second kappa shape index (κ2) is 12.0. The van der Waals surface area contributed by atoms with Crippen molar-refractivity contribution < 1.29 is 27.1 Å². The van der Waals surface area contributed by atoms with Gasteiger partial charge in [0.05, 0.1) is 30.0 Å². The van der Waals surface area contributed by atoms with Gasteiger partial charge in [-0.3, -0.25) is 9.69 Å². The molecule has 2 fully saturated rings. The Bertz CT molecular complexity index is 1380. The zero-order chi connectivity index (χ0) is 29.1. The number of anilines is 2. The third-order valence-electron chi connectivity index (χ3n) is 7.33. The largest absolute Gasteiger partial charge is 0.417 e. The van der Waals surface area contributed by atoms with Gasteiger partial charge < -0.3 is 25.2 Å². The minimum absolute atomic E-state index is 0.0168. The Labute approximate surface area is 236 Å². The number of hydrogen-bond donors (Lipinski definition) is 2. The van der Waals surface area contributed by atoms with Crippen LogP contribution in [-0.4, -0.2) is 86.4 Å². The maximum Gasteiger partial charge on any atom is 0.417 e. The van der Waals surface area contributed by atoms with Gasteiger partial charge in [0.2, 0.25) is 0 Å². The van der Waals surface area contributed by atoms with Gasteiger partial charge in [0, 0.05) is 75.0 Å². The van der Waals surface area contributed by atoms with Crippen LogP contribution in [-0.2, 0) is 16.1 Å². The highest BCUT2D eigenvalue weighted by molar-refractivity contribution is 6.09. The van der Waals surface area contributed by atoms with E-state index in [1.807, 2.05) is 11.9 Å². The molecule has 3 aliphatic heterocycles. The Hall–Kier alpha value is -3.74. The number of aromatic nitrogens is 1. The van der Waals surface area contributed by atoms with Crippen LogP contribution in [0, 0.1) is 5.82 Å². The Morgan fingerprint density at radius 3 is 2.56 bits per heavy atom. The molecular weight excluding hydrogens is 540 g/mol. The number of hydrogen-bond acceptors (Lipinski definition) is 7. The van der Waals surface area contributed by atoms with E-state index >= 15 is 4.39 Å². The van der Waals surface area contributed by atoms with Gasteiger partial charge in [-0.05, 0) is 36.9 Å². The zero-order valence-electron chi connectivity index (χ0n) is 22.7. The SMILES string of the molecule is C=C1C=C(C(F)(F)F)C(C(=O)Nc2cc(-c3cc(CN4CCOCC4)ccc3F)cnc2N2CCN(C)CC2)=CN1. The lowest BCUT2D eigenvalue weighted by molar-refractivity contribution is -0.115. The highest BCUT2D eigenvalue weighted by atomic mass is 19.4. The van der Waals surface area contributed by atoms with Crippen molar-refractivity contribution in [1.29, 1.82) is 0 Å². The number of benzene rings is 1. The normalized spacial score (nSPS) is 19.0. The summed E-state index contributed by atoms with van der Waals surface area (Å²) in [5, 5.41) is 5.22. The van der Waals surface area contributed by atoms with Crippen molar-refractivity contribution in [2.75, 3.05) is 69.7 Å². The molecule has 0 atom stereocenters. The molecule has 2 saturated heterocycles. The first-order valence-electron chi connectivity index (χ1n) is 13.4. The third kappa shape index (κ3) is 6.77. The number of pyridine rings is 1. The topological polar surface area (TPSA) is 73.0 Å². The van der Waals surface area contributed by atoms with E-state index in [0.29, 0.717) is 44.2 Å². The number of nitrogens with one attached hydrogen (secondary N) is 2. The number of allylic oxidation sites excluding steroid dienone is 1. The molecule has 4 heterocycles. The number of rotatable bonds is 6. The number of carbonyl (C=O) groups excluding carboxylic acids is 1. The molecule has 0 radical (unpaired) electrons. The Balaban J connectivity index is 1.48. The van der Waals surface area contributed by atoms with E-state index in [0.717, 1.165) is 44.0 Å². The summed E-state index contributed by atoms with van der Waals surface area (Å²) in [6.45, 7) is 9.64. The highest BCUT2D eigenvalue weighted by Crippen LogP contribution is 2.36. The molecule has 1 aromatic heterocycles. The lowest BCUT2D eigenvalue weighted by Crippen LogP contribution is -2.45. The highest BCUT2D eigenvalue weighted by Gasteiger charge is 2.40. The van der Waals surface area contributed by atoms with Crippen molar-refractivity contribution in [1.82, 2.24) is 20.1 Å². The van der Waals surface area contributed by atoms with Crippen molar-refractivity contribution in [2.24, 2.45) is 0 Å². The zero-order valence-corrected chi connectivity index (χ0v) is 22.7. The first-order valence-corrected chi connectivity index (χ1v) is 13.4. The lowest BCUT2D eigenvalue weighted by Gasteiger charge is -2.34. The second-order valence-electron chi connectivity index (χ2n) is 10.3. The van der Waals surface area contributed by atoms with Crippen LogP contribution in [0.5, 0.6) is 0 Å². The van der Waals surface area contributed by atoms with Crippen molar-refractivity contribution >= 4 is 17.4 Å². The molecule has 3 aliphatic rings. The molecule has 0 spiro atoms. The number of carbonyl (C=O) groups is 1. The van der Waals surface area contributed by atoms with Crippen LogP contribution in [0.25, 0.3) is 11.1 Å². The number of ether oxygens (including phenoxy) is 1. The molecule has 41 heavy (non-hydrogen) atoms. The van der Waals surface area contributed by atoms with E-state index < -0.39 is 29.0 Å². The Morgan fingerprint density at radius 2 is 1.85 bits per heavy atom. The van der Waals surface area contributed by atoms with Crippen molar-refractivity contribution in [3.05, 3.63) is 77.5 Å². The van der Waals surface area contributed by atoms with E-state index in [4.69, 9.17) is 4.74 Å². The monoisotopic (exact) mass is 572 g/mol. The van der Waals surface area contributed by atoms with E-state index in [2.05, 4.69) is 32.0 Å². The van der Waals surface area contributed by atoms with E-state index in [1.54, 1.807) is 18.2 Å². The fourth-order valence-electron chi connectivity index (χ4n) is 5.02.